The van der Waals surface area contributed by atoms with Crippen molar-refractivity contribution in [3.63, 3.8) is 0 Å². The molecule has 3 aromatic rings. The number of para-hydroxylation sites is 1. The third kappa shape index (κ3) is 3.58. The highest BCUT2D eigenvalue weighted by molar-refractivity contribution is 5.94. The molecular weight excluding hydrogens is 322 g/mol. The lowest BCUT2D eigenvalue weighted by molar-refractivity contribution is -0.307. The number of carboxylic acids is 1. The van der Waals surface area contributed by atoms with Crippen LogP contribution in [0, 0.1) is 0 Å². The maximum atomic E-state index is 12.0. The van der Waals surface area contributed by atoms with Crippen LogP contribution in [0.15, 0.2) is 68.8 Å². The van der Waals surface area contributed by atoms with Gasteiger partial charge in [-0.15, -0.1) is 0 Å². The van der Waals surface area contributed by atoms with Crippen molar-refractivity contribution in [1.29, 1.82) is 0 Å². The van der Waals surface area contributed by atoms with Crippen LogP contribution in [0.5, 0.6) is 5.75 Å². The first kappa shape index (κ1) is 16.4. The summed E-state index contributed by atoms with van der Waals surface area (Å²) >= 11 is 0. The molecular formula is C19H14NO5-. The first-order valence-corrected chi connectivity index (χ1v) is 7.59. The fourth-order valence-electron chi connectivity index (χ4n) is 2.46. The second kappa shape index (κ2) is 7.00. The van der Waals surface area contributed by atoms with Crippen LogP contribution in [0.1, 0.15) is 11.1 Å². The number of hydrogen-bond acceptors (Lipinski definition) is 6. The molecule has 0 spiro atoms. The second-order valence-electron chi connectivity index (χ2n) is 5.45. The van der Waals surface area contributed by atoms with Crippen LogP contribution in [-0.2, 0) is 11.2 Å². The Balaban J connectivity index is 1.95. The Bertz CT molecular complexity index is 992. The molecule has 1 aromatic heterocycles. The molecule has 0 fully saturated rings. The van der Waals surface area contributed by atoms with Gasteiger partial charge in [0.05, 0.1) is 17.4 Å². The van der Waals surface area contributed by atoms with Crippen LogP contribution in [0.25, 0.3) is 11.0 Å². The summed E-state index contributed by atoms with van der Waals surface area (Å²) in [7, 11) is 0. The zero-order chi connectivity index (χ0) is 17.8. The molecule has 1 N–H and O–H groups in total. The van der Waals surface area contributed by atoms with Gasteiger partial charge in [0.15, 0.2) is 0 Å². The largest absolute Gasteiger partial charge is 0.548 e. The van der Waals surface area contributed by atoms with Gasteiger partial charge < -0.3 is 19.4 Å². The van der Waals surface area contributed by atoms with E-state index in [0.29, 0.717) is 5.39 Å². The van der Waals surface area contributed by atoms with Gasteiger partial charge in [-0.05, 0) is 17.7 Å². The molecule has 0 radical (unpaired) electrons. The van der Waals surface area contributed by atoms with Gasteiger partial charge >= 0.3 is 5.63 Å². The predicted octanol–water partition coefficient (Wildman–Crippen LogP) is 1.28. The molecule has 3 rings (SSSR count). The zero-order valence-electron chi connectivity index (χ0n) is 13.1. The molecule has 0 saturated heterocycles. The smallest absolute Gasteiger partial charge is 0.348 e. The highest BCUT2D eigenvalue weighted by Crippen LogP contribution is 2.24. The van der Waals surface area contributed by atoms with E-state index in [1.165, 1.54) is 0 Å². The molecule has 0 saturated carbocycles. The summed E-state index contributed by atoms with van der Waals surface area (Å²) in [5.41, 5.74) is 0.0151. The molecule has 2 aromatic carbocycles. The first-order chi connectivity index (χ1) is 12.1. The van der Waals surface area contributed by atoms with Crippen molar-refractivity contribution < 1.29 is 19.4 Å². The van der Waals surface area contributed by atoms with Crippen LogP contribution in [0.3, 0.4) is 0 Å². The number of aliphatic carboxylic acids is 1. The third-order valence-electron chi connectivity index (χ3n) is 3.75. The van der Waals surface area contributed by atoms with Crippen molar-refractivity contribution in [2.75, 3.05) is 0 Å². The Labute approximate surface area is 142 Å². The predicted molar refractivity (Wildman–Crippen MR) is 90.7 cm³/mol. The Morgan fingerprint density at radius 2 is 1.84 bits per heavy atom. The highest BCUT2D eigenvalue weighted by Gasteiger charge is 2.14. The van der Waals surface area contributed by atoms with Crippen LogP contribution in [0.4, 0.5) is 0 Å². The van der Waals surface area contributed by atoms with E-state index < -0.39 is 17.6 Å². The summed E-state index contributed by atoms with van der Waals surface area (Å²) in [6, 6.07) is 14.2. The number of benzene rings is 2. The van der Waals surface area contributed by atoms with Gasteiger partial charge in [0.1, 0.15) is 16.9 Å². The average molecular weight is 336 g/mol. The number of fused-ring (bicyclic) bond motifs is 1. The SMILES string of the molecule is O=C([O-])C(Cc1ccccc1)N=Cc1c(O)c2ccccc2oc1=O. The minimum Gasteiger partial charge on any atom is -0.548 e. The summed E-state index contributed by atoms with van der Waals surface area (Å²) in [6.45, 7) is 0. The summed E-state index contributed by atoms with van der Waals surface area (Å²) in [6.07, 6.45) is 1.14. The highest BCUT2D eigenvalue weighted by atomic mass is 16.4. The Hall–Kier alpha value is -3.41. The quantitative estimate of drug-likeness (QED) is 0.558. The van der Waals surface area contributed by atoms with Crippen LogP contribution < -0.4 is 10.7 Å². The molecule has 6 heteroatoms. The molecule has 25 heavy (non-hydrogen) atoms. The van der Waals surface area contributed by atoms with E-state index in [0.717, 1.165) is 11.8 Å². The first-order valence-electron chi connectivity index (χ1n) is 7.59. The van der Waals surface area contributed by atoms with E-state index in [4.69, 9.17) is 4.42 Å². The topological polar surface area (TPSA) is 103 Å². The van der Waals surface area contributed by atoms with Gasteiger partial charge in [-0.25, -0.2) is 4.79 Å². The molecule has 1 heterocycles. The van der Waals surface area contributed by atoms with Gasteiger partial charge in [-0.1, -0.05) is 42.5 Å². The number of carbonyl (C=O) groups excluding carboxylic acids is 1. The molecule has 0 bridgehead atoms. The Kier molecular flexibility index (Phi) is 4.61. The fourth-order valence-corrected chi connectivity index (χ4v) is 2.46. The lowest BCUT2D eigenvalue weighted by Gasteiger charge is -2.13. The van der Waals surface area contributed by atoms with Crippen molar-refractivity contribution >= 4 is 23.2 Å². The van der Waals surface area contributed by atoms with Crippen molar-refractivity contribution in [3.8, 4) is 5.75 Å². The van der Waals surface area contributed by atoms with E-state index in [-0.39, 0.29) is 23.3 Å². The van der Waals surface area contributed by atoms with Crippen molar-refractivity contribution in [3.05, 3.63) is 76.1 Å². The van der Waals surface area contributed by atoms with Crippen LogP contribution >= 0.6 is 0 Å². The maximum absolute atomic E-state index is 12.0. The number of nitrogens with zero attached hydrogens (tertiary/aromatic N) is 1. The summed E-state index contributed by atoms with van der Waals surface area (Å²) in [5.74, 6) is -1.67. The van der Waals surface area contributed by atoms with Gasteiger partial charge in [-0.2, -0.15) is 0 Å². The van der Waals surface area contributed by atoms with E-state index in [9.17, 15) is 19.8 Å². The Morgan fingerprint density at radius 3 is 2.56 bits per heavy atom. The number of rotatable bonds is 5. The standard InChI is InChI=1S/C19H15NO5/c21-17-13-8-4-5-9-16(13)25-19(24)14(17)11-20-15(18(22)23)10-12-6-2-1-3-7-12/h1-9,11,15,21H,10H2,(H,22,23)/p-1. The Morgan fingerprint density at radius 1 is 1.16 bits per heavy atom. The number of carboxylic acid groups (broad SMARTS) is 1. The van der Waals surface area contributed by atoms with E-state index in [2.05, 4.69) is 4.99 Å². The summed E-state index contributed by atoms with van der Waals surface area (Å²) in [5, 5.41) is 21.9. The lowest BCUT2D eigenvalue weighted by Crippen LogP contribution is -2.36. The fraction of sp³-hybridized carbons (Fsp3) is 0.105. The maximum Gasteiger partial charge on any atom is 0.348 e. The van der Waals surface area contributed by atoms with E-state index >= 15 is 0 Å². The molecule has 0 aliphatic rings. The van der Waals surface area contributed by atoms with Crippen molar-refractivity contribution in [2.24, 2.45) is 4.99 Å². The average Bonchev–Trinajstić information content (AvgIpc) is 2.61. The van der Waals surface area contributed by atoms with Gasteiger partial charge in [0.25, 0.3) is 0 Å². The molecule has 1 atom stereocenters. The van der Waals surface area contributed by atoms with Crippen molar-refractivity contribution in [2.45, 2.75) is 12.5 Å². The van der Waals surface area contributed by atoms with Crippen LogP contribution in [0.2, 0.25) is 0 Å². The minimum absolute atomic E-state index is 0.110. The van der Waals surface area contributed by atoms with Crippen LogP contribution in [-0.4, -0.2) is 23.3 Å². The van der Waals surface area contributed by atoms with Crippen molar-refractivity contribution in [1.82, 2.24) is 0 Å². The molecule has 6 nitrogen and oxygen atoms in total. The van der Waals surface area contributed by atoms with Gasteiger partial charge in [-0.3, -0.25) is 4.99 Å². The summed E-state index contributed by atoms with van der Waals surface area (Å²) < 4.78 is 5.11. The number of aliphatic imine (C=N–C) groups is 1. The molecule has 0 amide bonds. The zero-order valence-corrected chi connectivity index (χ0v) is 13.1. The van der Waals surface area contributed by atoms with Gasteiger partial charge in [0.2, 0.25) is 0 Å². The molecule has 126 valence electrons. The number of carbonyl (C=O) groups is 1. The number of hydrogen-bond donors (Lipinski definition) is 1. The lowest BCUT2D eigenvalue weighted by atomic mass is 10.1. The number of aromatic hydroxyl groups is 1. The molecule has 0 aliphatic carbocycles. The normalized spacial score (nSPS) is 12.5. The van der Waals surface area contributed by atoms with Gasteiger partial charge in [0, 0.05) is 12.6 Å². The summed E-state index contributed by atoms with van der Waals surface area (Å²) in [4.78, 5) is 27.2. The van der Waals surface area contributed by atoms with E-state index in [1.54, 1.807) is 48.5 Å². The molecule has 1 unspecified atom stereocenters. The molecule has 0 aliphatic heterocycles. The van der Waals surface area contributed by atoms with E-state index in [1.807, 2.05) is 6.07 Å². The second-order valence-corrected chi connectivity index (χ2v) is 5.45. The monoisotopic (exact) mass is 336 g/mol. The third-order valence-corrected chi connectivity index (χ3v) is 3.75. The minimum atomic E-state index is -1.37.